The molecule has 1 aliphatic heterocycles. The van der Waals surface area contributed by atoms with Crippen molar-refractivity contribution in [1.29, 1.82) is 0 Å². The van der Waals surface area contributed by atoms with Gasteiger partial charge in [0.15, 0.2) is 5.78 Å². The predicted molar refractivity (Wildman–Crippen MR) is 66.2 cm³/mol. The first-order valence-corrected chi connectivity index (χ1v) is 6.29. The third-order valence-corrected chi connectivity index (χ3v) is 3.10. The summed E-state index contributed by atoms with van der Waals surface area (Å²) < 4.78 is 1.76. The molecule has 1 N–H and O–H groups in total. The van der Waals surface area contributed by atoms with Crippen LogP contribution in [-0.2, 0) is 6.54 Å². The number of carbonyl (C=O) groups excluding carboxylic acids is 1. The average molecular weight is 236 g/mol. The molecule has 5 nitrogen and oxygen atoms in total. The number of Topliss-reactive ketones (excluding diaryl/α,β-unsaturated/α-hetero) is 1. The van der Waals surface area contributed by atoms with Gasteiger partial charge in [-0.25, -0.2) is 0 Å². The Morgan fingerprint density at radius 3 is 3.18 bits per heavy atom. The lowest BCUT2D eigenvalue weighted by Gasteiger charge is -2.18. The van der Waals surface area contributed by atoms with E-state index in [0.29, 0.717) is 6.54 Å². The Kier molecular flexibility index (Phi) is 4.28. The van der Waals surface area contributed by atoms with Crippen molar-refractivity contribution >= 4 is 5.78 Å². The van der Waals surface area contributed by atoms with E-state index in [2.05, 4.69) is 15.3 Å². The highest BCUT2D eigenvalue weighted by molar-refractivity contribution is 5.96. The van der Waals surface area contributed by atoms with Crippen LogP contribution in [0.5, 0.6) is 0 Å². The van der Waals surface area contributed by atoms with Crippen molar-refractivity contribution in [3.63, 3.8) is 0 Å². The van der Waals surface area contributed by atoms with Gasteiger partial charge >= 0.3 is 0 Å². The SMILES string of the molecule is CCn1nccc1C(=O)CN1CCCNCC1. The van der Waals surface area contributed by atoms with Gasteiger partial charge in [-0.15, -0.1) is 0 Å². The number of nitrogens with one attached hydrogen (secondary N) is 1. The highest BCUT2D eigenvalue weighted by Gasteiger charge is 2.16. The molecular weight excluding hydrogens is 216 g/mol. The Morgan fingerprint density at radius 2 is 2.35 bits per heavy atom. The van der Waals surface area contributed by atoms with E-state index in [1.165, 1.54) is 0 Å². The van der Waals surface area contributed by atoms with Crippen molar-refractivity contribution in [3.05, 3.63) is 18.0 Å². The molecule has 0 radical (unpaired) electrons. The Balaban J connectivity index is 1.96. The smallest absolute Gasteiger partial charge is 0.194 e. The van der Waals surface area contributed by atoms with Gasteiger partial charge in [-0.1, -0.05) is 0 Å². The van der Waals surface area contributed by atoms with Crippen LogP contribution in [0.3, 0.4) is 0 Å². The largest absolute Gasteiger partial charge is 0.315 e. The van der Waals surface area contributed by atoms with Crippen LogP contribution in [0.1, 0.15) is 23.8 Å². The topological polar surface area (TPSA) is 50.2 Å². The maximum atomic E-state index is 12.1. The van der Waals surface area contributed by atoms with Crippen LogP contribution >= 0.6 is 0 Å². The summed E-state index contributed by atoms with van der Waals surface area (Å²) in [6, 6.07) is 1.81. The minimum Gasteiger partial charge on any atom is -0.315 e. The minimum absolute atomic E-state index is 0.172. The zero-order valence-corrected chi connectivity index (χ0v) is 10.4. The maximum Gasteiger partial charge on any atom is 0.194 e. The second-order valence-electron chi connectivity index (χ2n) is 4.34. The Hall–Kier alpha value is -1.20. The Morgan fingerprint density at radius 1 is 1.47 bits per heavy atom. The van der Waals surface area contributed by atoms with E-state index >= 15 is 0 Å². The molecule has 0 unspecified atom stereocenters. The van der Waals surface area contributed by atoms with Crippen molar-refractivity contribution in [3.8, 4) is 0 Å². The van der Waals surface area contributed by atoms with Crippen LogP contribution in [0, 0.1) is 0 Å². The van der Waals surface area contributed by atoms with Crippen molar-refractivity contribution in [2.75, 3.05) is 32.7 Å². The molecule has 1 aromatic rings. The summed E-state index contributed by atoms with van der Waals surface area (Å²) in [5.74, 6) is 0.172. The highest BCUT2D eigenvalue weighted by atomic mass is 16.1. The molecule has 1 saturated heterocycles. The van der Waals surface area contributed by atoms with Gasteiger partial charge in [-0.05, 0) is 32.5 Å². The number of rotatable bonds is 4. The van der Waals surface area contributed by atoms with E-state index in [0.717, 1.165) is 44.8 Å². The molecule has 0 atom stereocenters. The van der Waals surface area contributed by atoms with Gasteiger partial charge in [0.05, 0.1) is 6.54 Å². The minimum atomic E-state index is 0.172. The summed E-state index contributed by atoms with van der Waals surface area (Å²) in [7, 11) is 0. The molecule has 1 aromatic heterocycles. The predicted octanol–water partition coefficient (Wildman–Crippen LogP) is 0.381. The number of nitrogens with zero attached hydrogens (tertiary/aromatic N) is 3. The van der Waals surface area contributed by atoms with E-state index < -0.39 is 0 Å². The molecule has 0 saturated carbocycles. The summed E-state index contributed by atoms with van der Waals surface area (Å²) in [5, 5.41) is 7.47. The van der Waals surface area contributed by atoms with Crippen LogP contribution in [0.15, 0.2) is 12.3 Å². The fraction of sp³-hybridized carbons (Fsp3) is 0.667. The van der Waals surface area contributed by atoms with Gasteiger partial charge in [0, 0.05) is 25.8 Å². The highest BCUT2D eigenvalue weighted by Crippen LogP contribution is 2.03. The first-order valence-electron chi connectivity index (χ1n) is 6.29. The lowest BCUT2D eigenvalue weighted by Crippen LogP contribution is -2.33. The summed E-state index contributed by atoms with van der Waals surface area (Å²) >= 11 is 0. The van der Waals surface area contributed by atoms with Crippen molar-refractivity contribution in [1.82, 2.24) is 20.0 Å². The van der Waals surface area contributed by atoms with E-state index in [4.69, 9.17) is 0 Å². The fourth-order valence-electron chi connectivity index (χ4n) is 2.17. The molecule has 0 aromatic carbocycles. The lowest BCUT2D eigenvalue weighted by molar-refractivity contribution is 0.0924. The van der Waals surface area contributed by atoms with Gasteiger partial charge in [-0.2, -0.15) is 5.10 Å². The third kappa shape index (κ3) is 3.14. The maximum absolute atomic E-state index is 12.1. The van der Waals surface area contributed by atoms with Crippen LogP contribution in [0.2, 0.25) is 0 Å². The summed E-state index contributed by atoms with van der Waals surface area (Å²) in [6.07, 6.45) is 2.81. The molecule has 17 heavy (non-hydrogen) atoms. The van der Waals surface area contributed by atoms with Crippen LogP contribution in [0.25, 0.3) is 0 Å². The third-order valence-electron chi connectivity index (χ3n) is 3.10. The molecule has 1 aliphatic rings. The molecule has 0 spiro atoms. The van der Waals surface area contributed by atoms with E-state index in [-0.39, 0.29) is 5.78 Å². The normalized spacial score (nSPS) is 17.9. The molecule has 0 bridgehead atoms. The number of carbonyl (C=O) groups is 1. The molecule has 0 aliphatic carbocycles. The van der Waals surface area contributed by atoms with Gasteiger partial charge in [0.1, 0.15) is 5.69 Å². The first kappa shape index (κ1) is 12.3. The second-order valence-corrected chi connectivity index (χ2v) is 4.34. The average Bonchev–Trinajstić information content (AvgIpc) is 2.68. The van der Waals surface area contributed by atoms with E-state index in [1.54, 1.807) is 10.9 Å². The van der Waals surface area contributed by atoms with Crippen LogP contribution in [0.4, 0.5) is 0 Å². The number of hydrogen-bond acceptors (Lipinski definition) is 4. The van der Waals surface area contributed by atoms with Crippen molar-refractivity contribution < 1.29 is 4.79 Å². The van der Waals surface area contributed by atoms with Crippen LogP contribution < -0.4 is 5.32 Å². The number of ketones is 1. The molecule has 1 fully saturated rings. The second kappa shape index (κ2) is 5.93. The molecule has 2 heterocycles. The number of aryl methyl sites for hydroxylation is 1. The van der Waals surface area contributed by atoms with Crippen molar-refractivity contribution in [2.45, 2.75) is 19.9 Å². The Labute approximate surface area is 102 Å². The molecule has 2 rings (SSSR count). The van der Waals surface area contributed by atoms with E-state index in [1.807, 2.05) is 13.0 Å². The van der Waals surface area contributed by atoms with Crippen molar-refractivity contribution in [2.24, 2.45) is 0 Å². The van der Waals surface area contributed by atoms with Gasteiger partial charge in [0.25, 0.3) is 0 Å². The van der Waals surface area contributed by atoms with Gasteiger partial charge in [0.2, 0.25) is 0 Å². The number of aromatic nitrogens is 2. The summed E-state index contributed by atoms with van der Waals surface area (Å²) in [5.41, 5.74) is 0.727. The molecule has 94 valence electrons. The standard InChI is InChI=1S/C12H20N4O/c1-2-16-11(4-6-14-16)12(17)10-15-8-3-5-13-7-9-15/h4,6,13H,2-3,5,7-10H2,1H3. The zero-order chi connectivity index (χ0) is 12.1. The monoisotopic (exact) mass is 236 g/mol. The van der Waals surface area contributed by atoms with E-state index in [9.17, 15) is 4.79 Å². The van der Waals surface area contributed by atoms with Crippen LogP contribution in [-0.4, -0.2) is 53.2 Å². The summed E-state index contributed by atoms with van der Waals surface area (Å²) in [4.78, 5) is 14.4. The Bertz CT molecular complexity index is 366. The first-order chi connectivity index (χ1) is 8.31. The van der Waals surface area contributed by atoms with Gasteiger partial charge in [-0.3, -0.25) is 14.4 Å². The summed E-state index contributed by atoms with van der Waals surface area (Å²) in [6.45, 7) is 7.23. The molecule has 5 heteroatoms. The zero-order valence-electron chi connectivity index (χ0n) is 10.4. The quantitative estimate of drug-likeness (QED) is 0.768. The van der Waals surface area contributed by atoms with Gasteiger partial charge < -0.3 is 5.32 Å². The molecule has 0 amide bonds. The molecular formula is C12H20N4O. The number of hydrogen-bond donors (Lipinski definition) is 1. The lowest BCUT2D eigenvalue weighted by atomic mass is 10.2. The fourth-order valence-corrected chi connectivity index (χ4v) is 2.17.